The number of aromatic nitrogens is 4. The fourth-order valence-electron chi connectivity index (χ4n) is 1.14. The first kappa shape index (κ1) is 7.49. The molecule has 12 heavy (non-hydrogen) atoms. The highest BCUT2D eigenvalue weighted by Crippen LogP contribution is 2.18. The Morgan fingerprint density at radius 2 is 2.17 bits per heavy atom. The third kappa shape index (κ3) is 0.956. The molecule has 2 aromatic rings. The summed E-state index contributed by atoms with van der Waals surface area (Å²) in [7, 11) is 1.81. The van der Waals surface area contributed by atoms with E-state index in [0.29, 0.717) is 11.0 Å². The highest BCUT2D eigenvalue weighted by molar-refractivity contribution is 6.33. The van der Waals surface area contributed by atoms with Crippen LogP contribution in [0.5, 0.6) is 0 Å². The van der Waals surface area contributed by atoms with E-state index in [9.17, 15) is 0 Å². The summed E-state index contributed by atoms with van der Waals surface area (Å²) in [5.74, 6) is 0.667. The van der Waals surface area contributed by atoms with Crippen LogP contribution in [-0.2, 0) is 7.05 Å². The highest BCUT2D eigenvalue weighted by Gasteiger charge is 2.06. The monoisotopic (exact) mass is 182 g/mol. The summed E-state index contributed by atoms with van der Waals surface area (Å²) >= 11 is 5.90. The predicted octanol–water partition coefficient (Wildman–Crippen LogP) is 1.33. The van der Waals surface area contributed by atoms with Crippen LogP contribution in [0, 0.1) is 6.92 Å². The van der Waals surface area contributed by atoms with E-state index in [4.69, 9.17) is 11.6 Å². The number of fused-ring (bicyclic) bond motifs is 1. The summed E-state index contributed by atoms with van der Waals surface area (Å²) in [5.41, 5.74) is 1.57. The van der Waals surface area contributed by atoms with Crippen LogP contribution in [0.1, 0.15) is 5.82 Å². The van der Waals surface area contributed by atoms with Crippen molar-refractivity contribution in [1.29, 1.82) is 0 Å². The van der Waals surface area contributed by atoms with Gasteiger partial charge in [-0.15, -0.1) is 0 Å². The minimum absolute atomic E-state index is 0.456. The first-order valence-corrected chi connectivity index (χ1v) is 3.88. The predicted molar refractivity (Wildman–Crippen MR) is 46.1 cm³/mol. The molecule has 2 rings (SSSR count). The summed E-state index contributed by atoms with van der Waals surface area (Å²) in [6.07, 6.45) is 1.68. The van der Waals surface area contributed by atoms with Crippen LogP contribution in [0.25, 0.3) is 11.0 Å². The van der Waals surface area contributed by atoms with E-state index in [1.807, 2.05) is 7.05 Å². The van der Waals surface area contributed by atoms with Crippen molar-refractivity contribution in [3.05, 3.63) is 17.2 Å². The molecule has 0 aliphatic carbocycles. The quantitative estimate of drug-likeness (QED) is 0.578. The van der Waals surface area contributed by atoms with Crippen LogP contribution >= 0.6 is 11.6 Å². The SMILES string of the molecule is Cc1nc(Cl)c2c(cnn2C)n1. The van der Waals surface area contributed by atoms with E-state index >= 15 is 0 Å². The van der Waals surface area contributed by atoms with Crippen molar-refractivity contribution in [2.24, 2.45) is 7.05 Å². The first-order valence-electron chi connectivity index (χ1n) is 3.50. The molecule has 0 amide bonds. The van der Waals surface area contributed by atoms with Crippen molar-refractivity contribution in [2.75, 3.05) is 0 Å². The van der Waals surface area contributed by atoms with Crippen LogP contribution in [0.15, 0.2) is 6.20 Å². The Balaban J connectivity index is 2.93. The number of nitrogens with zero attached hydrogens (tertiary/aromatic N) is 4. The lowest BCUT2D eigenvalue weighted by molar-refractivity contribution is 0.795. The van der Waals surface area contributed by atoms with Gasteiger partial charge in [0.15, 0.2) is 5.15 Å². The second kappa shape index (κ2) is 2.42. The van der Waals surface area contributed by atoms with Crippen molar-refractivity contribution in [1.82, 2.24) is 19.7 Å². The lowest BCUT2D eigenvalue weighted by Crippen LogP contribution is -1.94. The highest BCUT2D eigenvalue weighted by atomic mass is 35.5. The van der Waals surface area contributed by atoms with Gasteiger partial charge in [0.05, 0.1) is 6.20 Å². The van der Waals surface area contributed by atoms with Crippen molar-refractivity contribution < 1.29 is 0 Å². The average molecular weight is 183 g/mol. The molecule has 0 aliphatic heterocycles. The van der Waals surface area contributed by atoms with Crippen LogP contribution in [0.2, 0.25) is 5.15 Å². The topological polar surface area (TPSA) is 43.6 Å². The molecule has 0 saturated heterocycles. The minimum Gasteiger partial charge on any atom is -0.263 e. The standard InChI is InChI=1S/C7H7ClN4/c1-4-10-5-3-9-12(2)6(5)7(8)11-4/h3H,1-2H3. The second-order valence-electron chi connectivity index (χ2n) is 2.56. The number of rotatable bonds is 0. The van der Waals surface area contributed by atoms with Gasteiger partial charge < -0.3 is 0 Å². The van der Waals surface area contributed by atoms with Crippen LogP contribution in [0.4, 0.5) is 0 Å². The third-order valence-corrected chi connectivity index (χ3v) is 1.92. The summed E-state index contributed by atoms with van der Waals surface area (Å²) in [4.78, 5) is 8.21. The maximum atomic E-state index is 5.90. The lowest BCUT2D eigenvalue weighted by Gasteiger charge is -1.96. The second-order valence-corrected chi connectivity index (χ2v) is 2.92. The van der Waals surface area contributed by atoms with Crippen LogP contribution < -0.4 is 0 Å². The number of halogens is 1. The van der Waals surface area contributed by atoms with Crippen molar-refractivity contribution in [2.45, 2.75) is 6.92 Å². The van der Waals surface area contributed by atoms with E-state index in [2.05, 4.69) is 15.1 Å². The number of hydrogen-bond donors (Lipinski definition) is 0. The molecule has 0 aromatic carbocycles. The Morgan fingerprint density at radius 1 is 1.42 bits per heavy atom. The molecular formula is C7H7ClN4. The molecule has 0 spiro atoms. The van der Waals surface area contributed by atoms with Gasteiger partial charge in [0, 0.05) is 7.05 Å². The molecular weight excluding hydrogens is 176 g/mol. The normalized spacial score (nSPS) is 10.9. The van der Waals surface area contributed by atoms with E-state index in [-0.39, 0.29) is 0 Å². The van der Waals surface area contributed by atoms with E-state index in [1.165, 1.54) is 0 Å². The summed E-state index contributed by atoms with van der Waals surface area (Å²) in [6, 6.07) is 0. The Bertz CT molecular complexity index is 434. The summed E-state index contributed by atoms with van der Waals surface area (Å²) in [6.45, 7) is 1.80. The lowest BCUT2D eigenvalue weighted by atomic mass is 10.4. The van der Waals surface area contributed by atoms with Gasteiger partial charge in [0.25, 0.3) is 0 Å². The van der Waals surface area contributed by atoms with E-state index in [1.54, 1.807) is 17.8 Å². The van der Waals surface area contributed by atoms with Gasteiger partial charge in [-0.2, -0.15) is 5.10 Å². The molecule has 2 heterocycles. The Hall–Kier alpha value is -1.16. The van der Waals surface area contributed by atoms with E-state index < -0.39 is 0 Å². The van der Waals surface area contributed by atoms with Crippen molar-refractivity contribution in [3.63, 3.8) is 0 Å². The molecule has 0 saturated carbocycles. The zero-order chi connectivity index (χ0) is 8.72. The molecule has 62 valence electrons. The fourth-order valence-corrected chi connectivity index (χ4v) is 1.48. The minimum atomic E-state index is 0.456. The smallest absolute Gasteiger partial charge is 0.158 e. The Labute approximate surface area is 74.2 Å². The zero-order valence-corrected chi connectivity index (χ0v) is 7.50. The largest absolute Gasteiger partial charge is 0.263 e. The first-order chi connectivity index (χ1) is 5.68. The Kier molecular flexibility index (Phi) is 1.51. The third-order valence-electron chi connectivity index (χ3n) is 1.66. The molecule has 0 fully saturated rings. The van der Waals surface area contributed by atoms with Crippen LogP contribution in [-0.4, -0.2) is 19.7 Å². The van der Waals surface area contributed by atoms with Gasteiger partial charge in [-0.05, 0) is 6.92 Å². The van der Waals surface area contributed by atoms with Gasteiger partial charge in [0.2, 0.25) is 0 Å². The molecule has 0 radical (unpaired) electrons. The van der Waals surface area contributed by atoms with Gasteiger partial charge in [-0.1, -0.05) is 11.6 Å². The molecule has 0 aliphatic rings. The maximum Gasteiger partial charge on any atom is 0.158 e. The molecule has 0 unspecified atom stereocenters. The van der Waals surface area contributed by atoms with Gasteiger partial charge >= 0.3 is 0 Å². The molecule has 0 bridgehead atoms. The van der Waals surface area contributed by atoms with Crippen molar-refractivity contribution >= 4 is 22.6 Å². The summed E-state index contributed by atoms with van der Waals surface area (Å²) in [5, 5.41) is 4.48. The van der Waals surface area contributed by atoms with Gasteiger partial charge in [0.1, 0.15) is 16.9 Å². The molecule has 4 nitrogen and oxygen atoms in total. The maximum absolute atomic E-state index is 5.90. The molecule has 5 heteroatoms. The Morgan fingerprint density at radius 3 is 2.92 bits per heavy atom. The van der Waals surface area contributed by atoms with Gasteiger partial charge in [-0.25, -0.2) is 9.97 Å². The number of aryl methyl sites for hydroxylation is 2. The number of hydrogen-bond acceptors (Lipinski definition) is 3. The molecule has 0 N–H and O–H groups in total. The fraction of sp³-hybridized carbons (Fsp3) is 0.286. The van der Waals surface area contributed by atoms with Crippen molar-refractivity contribution in [3.8, 4) is 0 Å². The molecule has 2 aromatic heterocycles. The van der Waals surface area contributed by atoms with Crippen LogP contribution in [0.3, 0.4) is 0 Å². The summed E-state index contributed by atoms with van der Waals surface area (Å²) < 4.78 is 1.66. The average Bonchev–Trinajstić information content (AvgIpc) is 2.31. The zero-order valence-electron chi connectivity index (χ0n) is 6.74. The van der Waals surface area contributed by atoms with Gasteiger partial charge in [-0.3, -0.25) is 4.68 Å². The van der Waals surface area contributed by atoms with E-state index in [0.717, 1.165) is 11.0 Å². The molecule has 0 atom stereocenters.